The first-order valence-electron chi connectivity index (χ1n) is 4.21. The number of nitrogens with one attached hydrogen (secondary N) is 1. The van der Waals surface area contributed by atoms with Crippen molar-refractivity contribution in [2.24, 2.45) is 10.9 Å². The minimum Gasteiger partial charge on any atom is -0.320 e. The average molecular weight is 243 g/mol. The molecule has 0 aliphatic heterocycles. The molecule has 0 spiro atoms. The molecule has 0 heterocycles. The maximum Gasteiger partial charge on any atom is 0.296 e. The van der Waals surface area contributed by atoms with Crippen LogP contribution in [0.25, 0.3) is 0 Å². The van der Waals surface area contributed by atoms with Gasteiger partial charge >= 0.3 is 0 Å². The van der Waals surface area contributed by atoms with Gasteiger partial charge in [-0.05, 0) is 18.2 Å². The number of anilines is 1. The molecule has 7 heteroatoms. The molecule has 0 aliphatic rings. The average Bonchev–Trinajstić information content (AvgIpc) is 2.16. The van der Waals surface area contributed by atoms with E-state index in [1.807, 2.05) is 4.72 Å². The molecule has 16 heavy (non-hydrogen) atoms. The molecule has 0 atom stereocenters. The van der Waals surface area contributed by atoms with Crippen molar-refractivity contribution in [3.05, 3.63) is 29.6 Å². The van der Waals surface area contributed by atoms with E-state index in [0.29, 0.717) is 0 Å². The number of hydrogen-bond donors (Lipinski definition) is 3. The third kappa shape index (κ3) is 3.86. The molecule has 5 N–H and O–H groups in total. The van der Waals surface area contributed by atoms with Crippen molar-refractivity contribution in [2.75, 3.05) is 11.3 Å². The summed E-state index contributed by atoms with van der Waals surface area (Å²) in [6, 6.07) is 3.43. The fourth-order valence-corrected chi connectivity index (χ4v) is 1.49. The quantitative estimate of drug-likeness (QED) is 0.625. The number of nitrogens with two attached hydrogens (primary N) is 2. The monoisotopic (exact) mass is 243 g/mol. The Morgan fingerprint density at radius 1 is 1.44 bits per heavy atom. The lowest BCUT2D eigenvalue weighted by Gasteiger charge is -2.05. The normalized spacial score (nSPS) is 10.4. The van der Waals surface area contributed by atoms with Crippen molar-refractivity contribution in [1.29, 1.82) is 0 Å². The van der Waals surface area contributed by atoms with Crippen LogP contribution in [0.2, 0.25) is 0 Å². The van der Waals surface area contributed by atoms with Crippen LogP contribution in [0.4, 0.5) is 10.1 Å². The van der Waals surface area contributed by atoms with Gasteiger partial charge in [0, 0.05) is 0 Å². The molecule has 1 rings (SSSR count). The fraction of sp³-hybridized carbons (Fsp3) is 0.111. The van der Waals surface area contributed by atoms with Crippen LogP contribution in [0, 0.1) is 17.7 Å². The van der Waals surface area contributed by atoms with Gasteiger partial charge in [0.15, 0.2) is 0 Å². The molecule has 0 bridgehead atoms. The van der Waals surface area contributed by atoms with E-state index in [-0.39, 0.29) is 17.8 Å². The van der Waals surface area contributed by atoms with Gasteiger partial charge < -0.3 is 5.73 Å². The summed E-state index contributed by atoms with van der Waals surface area (Å²) in [5.41, 5.74) is 5.46. The molecule has 1 aromatic rings. The van der Waals surface area contributed by atoms with E-state index in [1.165, 1.54) is 6.07 Å². The zero-order valence-electron chi connectivity index (χ0n) is 8.20. The second-order valence-corrected chi connectivity index (χ2v) is 4.14. The van der Waals surface area contributed by atoms with Crippen LogP contribution in [0.15, 0.2) is 18.2 Å². The molecule has 0 radical (unpaired) electrons. The van der Waals surface area contributed by atoms with Gasteiger partial charge in [0.25, 0.3) is 10.2 Å². The van der Waals surface area contributed by atoms with E-state index in [0.717, 1.165) is 12.1 Å². The van der Waals surface area contributed by atoms with E-state index >= 15 is 0 Å². The molecule has 0 amide bonds. The number of hydrogen-bond acceptors (Lipinski definition) is 3. The Bertz CT molecular complexity index is 546. The Kier molecular flexibility index (Phi) is 3.84. The number of halogens is 1. The second kappa shape index (κ2) is 4.94. The van der Waals surface area contributed by atoms with Crippen LogP contribution in [-0.4, -0.2) is 15.0 Å². The van der Waals surface area contributed by atoms with Crippen LogP contribution >= 0.6 is 0 Å². The predicted octanol–water partition coefficient (Wildman–Crippen LogP) is -0.249. The Morgan fingerprint density at radius 2 is 2.12 bits per heavy atom. The highest BCUT2D eigenvalue weighted by molar-refractivity contribution is 7.90. The van der Waals surface area contributed by atoms with Crippen LogP contribution < -0.4 is 15.6 Å². The Morgan fingerprint density at radius 3 is 2.69 bits per heavy atom. The summed E-state index contributed by atoms with van der Waals surface area (Å²) >= 11 is 0. The molecular weight excluding hydrogens is 233 g/mol. The SMILES string of the molecule is NCC#Cc1cc(F)ccc1NS(N)(=O)=O. The lowest BCUT2D eigenvalue weighted by atomic mass is 10.2. The number of rotatable bonds is 2. The van der Waals surface area contributed by atoms with E-state index in [1.54, 1.807) is 0 Å². The third-order valence-electron chi connectivity index (χ3n) is 1.56. The zero-order chi connectivity index (χ0) is 12.2. The molecule has 5 nitrogen and oxygen atoms in total. The largest absolute Gasteiger partial charge is 0.320 e. The summed E-state index contributed by atoms with van der Waals surface area (Å²) in [7, 11) is -3.91. The minimum absolute atomic E-state index is 0.0886. The molecule has 86 valence electrons. The Labute approximate surface area is 92.8 Å². The van der Waals surface area contributed by atoms with Gasteiger partial charge in [0.1, 0.15) is 5.82 Å². The first-order chi connectivity index (χ1) is 7.42. The molecule has 0 unspecified atom stereocenters. The molecule has 0 fully saturated rings. The predicted molar refractivity (Wildman–Crippen MR) is 59.1 cm³/mol. The van der Waals surface area contributed by atoms with Crippen LogP contribution in [0.3, 0.4) is 0 Å². The maximum absolute atomic E-state index is 12.9. The van der Waals surface area contributed by atoms with Gasteiger partial charge in [-0.1, -0.05) is 11.8 Å². The van der Waals surface area contributed by atoms with E-state index < -0.39 is 16.0 Å². The summed E-state index contributed by atoms with van der Waals surface area (Å²) in [4.78, 5) is 0. The molecular formula is C9H10FN3O2S. The van der Waals surface area contributed by atoms with Crippen LogP contribution in [0.5, 0.6) is 0 Å². The fourth-order valence-electron chi connectivity index (χ4n) is 1.01. The number of benzene rings is 1. The molecule has 0 aromatic heterocycles. The van der Waals surface area contributed by atoms with E-state index in [2.05, 4.69) is 11.8 Å². The van der Waals surface area contributed by atoms with E-state index in [9.17, 15) is 12.8 Å². The highest BCUT2D eigenvalue weighted by atomic mass is 32.2. The summed E-state index contributed by atoms with van der Waals surface area (Å²) in [5, 5.41) is 4.80. The standard InChI is InChI=1S/C9H10FN3O2S/c10-8-3-4-9(13-16(12,14)15)7(6-8)2-1-5-11/h3-4,6,13H,5,11H2,(H2,12,14,15). The lowest BCUT2D eigenvalue weighted by molar-refractivity contribution is 0.602. The summed E-state index contributed by atoms with van der Waals surface area (Å²) < 4.78 is 36.5. The van der Waals surface area contributed by atoms with Gasteiger partial charge in [0.05, 0.1) is 17.8 Å². The first kappa shape index (κ1) is 12.4. The Balaban J connectivity index is 3.17. The Hall–Kier alpha value is -1.62. The first-order valence-corrected chi connectivity index (χ1v) is 5.76. The van der Waals surface area contributed by atoms with Crippen molar-refractivity contribution >= 4 is 15.9 Å². The molecule has 0 aliphatic carbocycles. The highest BCUT2D eigenvalue weighted by Gasteiger charge is 2.07. The van der Waals surface area contributed by atoms with Crippen LogP contribution in [-0.2, 0) is 10.2 Å². The molecule has 0 saturated carbocycles. The van der Waals surface area contributed by atoms with Gasteiger partial charge in [0.2, 0.25) is 0 Å². The van der Waals surface area contributed by atoms with Crippen molar-refractivity contribution < 1.29 is 12.8 Å². The van der Waals surface area contributed by atoms with E-state index in [4.69, 9.17) is 10.9 Å². The van der Waals surface area contributed by atoms with Crippen molar-refractivity contribution in [2.45, 2.75) is 0 Å². The van der Waals surface area contributed by atoms with Gasteiger partial charge in [-0.3, -0.25) is 4.72 Å². The van der Waals surface area contributed by atoms with Gasteiger partial charge in [-0.25, -0.2) is 9.53 Å². The maximum atomic E-state index is 12.9. The summed E-state index contributed by atoms with van der Waals surface area (Å²) in [5.74, 6) is 4.51. The molecule has 1 aromatic carbocycles. The highest BCUT2D eigenvalue weighted by Crippen LogP contribution is 2.16. The second-order valence-electron chi connectivity index (χ2n) is 2.84. The summed E-state index contributed by atoms with van der Waals surface area (Å²) in [6.45, 7) is 0.0886. The van der Waals surface area contributed by atoms with Gasteiger partial charge in [-0.2, -0.15) is 8.42 Å². The zero-order valence-corrected chi connectivity index (χ0v) is 9.01. The smallest absolute Gasteiger partial charge is 0.296 e. The van der Waals surface area contributed by atoms with Crippen molar-refractivity contribution in [1.82, 2.24) is 0 Å². The summed E-state index contributed by atoms with van der Waals surface area (Å²) in [6.07, 6.45) is 0. The van der Waals surface area contributed by atoms with Gasteiger partial charge in [-0.15, -0.1) is 0 Å². The molecule has 0 saturated heterocycles. The topological polar surface area (TPSA) is 98.2 Å². The van der Waals surface area contributed by atoms with Crippen molar-refractivity contribution in [3.8, 4) is 11.8 Å². The van der Waals surface area contributed by atoms with Crippen molar-refractivity contribution in [3.63, 3.8) is 0 Å². The third-order valence-corrected chi connectivity index (χ3v) is 2.06. The lowest BCUT2D eigenvalue weighted by Crippen LogP contribution is -2.22. The van der Waals surface area contributed by atoms with Crippen LogP contribution in [0.1, 0.15) is 5.56 Å². The minimum atomic E-state index is -3.91.